The molecule has 0 aromatic heterocycles. The third-order valence-electron chi connectivity index (χ3n) is 5.69. The number of methoxy groups -OCH3 is 1. The highest BCUT2D eigenvalue weighted by Gasteiger charge is 2.23. The van der Waals surface area contributed by atoms with Crippen LogP contribution in [0, 0.1) is 6.92 Å². The summed E-state index contributed by atoms with van der Waals surface area (Å²) >= 11 is 9.91. The van der Waals surface area contributed by atoms with Crippen LogP contribution in [0.15, 0.2) is 83.0 Å². The molecule has 0 N–H and O–H groups in total. The molecule has 0 radical (unpaired) electrons. The van der Waals surface area contributed by atoms with Crippen LogP contribution < -0.4 is 9.64 Å². The highest BCUT2D eigenvalue weighted by atomic mass is 79.9. The Kier molecular flexibility index (Phi) is 9.80. The summed E-state index contributed by atoms with van der Waals surface area (Å²) < 4.78 is 12.2. The summed E-state index contributed by atoms with van der Waals surface area (Å²) in [5.41, 5.74) is 6.41. The molecule has 0 unspecified atom stereocenters. The van der Waals surface area contributed by atoms with Crippen LogP contribution in [-0.4, -0.2) is 13.1 Å². The molecule has 188 valence electrons. The average molecular weight is 569 g/mol. The highest BCUT2D eigenvalue weighted by Crippen LogP contribution is 2.39. The molecule has 0 aliphatic carbocycles. The van der Waals surface area contributed by atoms with Crippen molar-refractivity contribution < 1.29 is 14.3 Å². The van der Waals surface area contributed by atoms with Crippen LogP contribution in [0.1, 0.15) is 54.2 Å². The number of aryl methyl sites for hydroxylation is 1. The zero-order valence-electron chi connectivity index (χ0n) is 21.3. The first-order valence-electron chi connectivity index (χ1n) is 11.9. The number of carbonyl (C=O) groups excluding carboxylic acids is 1. The number of ether oxygens (including phenoxy) is 2. The molecule has 6 heteroatoms. The second-order valence-corrected chi connectivity index (χ2v) is 9.38. The number of benzene rings is 3. The van der Waals surface area contributed by atoms with Crippen LogP contribution in [0.5, 0.6) is 5.75 Å². The summed E-state index contributed by atoms with van der Waals surface area (Å²) in [6.45, 7) is 8.44. The lowest BCUT2D eigenvalue weighted by Gasteiger charge is -2.32. The van der Waals surface area contributed by atoms with E-state index in [4.69, 9.17) is 21.1 Å². The minimum Gasteiger partial charge on any atom is -0.488 e. The van der Waals surface area contributed by atoms with Crippen molar-refractivity contribution in [3.8, 4) is 5.75 Å². The molecular formula is C30H31BrClNO3. The number of halogens is 2. The number of anilines is 1. The van der Waals surface area contributed by atoms with E-state index in [1.165, 1.54) is 7.11 Å². The van der Waals surface area contributed by atoms with E-state index in [9.17, 15) is 4.79 Å². The Bertz CT molecular complexity index is 1300. The van der Waals surface area contributed by atoms with E-state index in [0.29, 0.717) is 12.2 Å². The molecule has 4 rings (SSSR count). The van der Waals surface area contributed by atoms with Crippen molar-refractivity contribution in [3.05, 3.63) is 110 Å². The summed E-state index contributed by atoms with van der Waals surface area (Å²) in [6, 6.07) is 19.4. The molecule has 1 heterocycles. The average Bonchev–Trinajstić information content (AvgIpc) is 2.90. The summed E-state index contributed by atoms with van der Waals surface area (Å²) in [5, 5.41) is 0.726. The number of hydrogen-bond acceptors (Lipinski definition) is 4. The minimum absolute atomic E-state index is 0.366. The topological polar surface area (TPSA) is 38.8 Å². The number of esters is 1. The van der Waals surface area contributed by atoms with Gasteiger partial charge in [0.25, 0.3) is 0 Å². The molecule has 4 nitrogen and oxygen atoms in total. The number of nitrogens with zero attached hydrogens (tertiary/aromatic N) is 1. The summed E-state index contributed by atoms with van der Waals surface area (Å²) in [6.07, 6.45) is 5.12. The fraction of sp³-hybridized carbons (Fsp3) is 0.233. The molecule has 0 saturated heterocycles. The van der Waals surface area contributed by atoms with Gasteiger partial charge in [0.1, 0.15) is 12.4 Å². The Morgan fingerprint density at radius 2 is 1.81 bits per heavy atom. The van der Waals surface area contributed by atoms with E-state index in [-0.39, 0.29) is 5.97 Å². The van der Waals surface area contributed by atoms with Gasteiger partial charge >= 0.3 is 5.97 Å². The van der Waals surface area contributed by atoms with Crippen LogP contribution in [0.25, 0.3) is 5.70 Å². The lowest BCUT2D eigenvalue weighted by Crippen LogP contribution is -2.22. The van der Waals surface area contributed by atoms with Crippen molar-refractivity contribution in [2.45, 2.75) is 40.7 Å². The number of carbonyl (C=O) groups is 1. The van der Waals surface area contributed by atoms with E-state index in [0.717, 1.165) is 55.4 Å². The standard InChI is InChI=1S/C28H25BrClNO3.C2H6/c1-18-10-11-20(14-25(18)30)17-34-27-13-12-22(29)16-24(27)26-9-4-6-19(2)31(26)23-8-5-7-21(15-23)28(32)33-3;1-2/h5-16H,4,17H2,1-3H3;1-2H3. The molecule has 0 amide bonds. The van der Waals surface area contributed by atoms with Gasteiger partial charge in [0.05, 0.1) is 18.4 Å². The molecule has 0 saturated carbocycles. The van der Waals surface area contributed by atoms with Gasteiger partial charge < -0.3 is 14.4 Å². The Hall–Kier alpha value is -3.02. The number of allylic oxidation sites excluding steroid dienone is 3. The van der Waals surface area contributed by atoms with Crippen LogP contribution in [0.3, 0.4) is 0 Å². The van der Waals surface area contributed by atoms with Gasteiger partial charge in [-0.1, -0.05) is 71.7 Å². The predicted molar refractivity (Wildman–Crippen MR) is 153 cm³/mol. The molecule has 0 bridgehead atoms. The zero-order valence-corrected chi connectivity index (χ0v) is 23.6. The first kappa shape index (κ1) is 27.6. The largest absolute Gasteiger partial charge is 0.488 e. The molecule has 36 heavy (non-hydrogen) atoms. The van der Waals surface area contributed by atoms with Gasteiger partial charge in [-0.3, -0.25) is 0 Å². The molecule has 3 aromatic carbocycles. The lowest BCUT2D eigenvalue weighted by molar-refractivity contribution is 0.0600. The van der Waals surface area contributed by atoms with Gasteiger partial charge in [0.15, 0.2) is 0 Å². The van der Waals surface area contributed by atoms with Crippen molar-refractivity contribution in [2.24, 2.45) is 0 Å². The SMILES string of the molecule is CC.COC(=O)c1cccc(N2C(C)=CCC=C2c2cc(Br)ccc2OCc2ccc(C)c(Cl)c2)c1. The van der Waals surface area contributed by atoms with E-state index in [1.807, 2.05) is 69.3 Å². The van der Waals surface area contributed by atoms with Crippen LogP contribution >= 0.6 is 27.5 Å². The molecule has 1 aliphatic heterocycles. The Morgan fingerprint density at radius 1 is 1.03 bits per heavy atom. The molecule has 3 aromatic rings. The van der Waals surface area contributed by atoms with E-state index < -0.39 is 0 Å². The van der Waals surface area contributed by atoms with Crippen molar-refractivity contribution >= 4 is 44.9 Å². The van der Waals surface area contributed by atoms with Crippen LogP contribution in [0.2, 0.25) is 5.02 Å². The van der Waals surface area contributed by atoms with Gasteiger partial charge in [-0.25, -0.2) is 4.79 Å². The summed E-state index contributed by atoms with van der Waals surface area (Å²) in [4.78, 5) is 14.3. The van der Waals surface area contributed by atoms with Crippen molar-refractivity contribution in [1.82, 2.24) is 0 Å². The maximum Gasteiger partial charge on any atom is 0.337 e. The highest BCUT2D eigenvalue weighted by molar-refractivity contribution is 9.10. The monoisotopic (exact) mass is 567 g/mol. The summed E-state index contributed by atoms with van der Waals surface area (Å²) in [7, 11) is 1.39. The van der Waals surface area contributed by atoms with Gasteiger partial charge in [-0.05, 0) is 73.9 Å². The molecule has 0 atom stereocenters. The third-order valence-corrected chi connectivity index (χ3v) is 6.59. The van der Waals surface area contributed by atoms with Gasteiger partial charge in [-0.15, -0.1) is 0 Å². The Labute approximate surface area is 227 Å². The first-order chi connectivity index (χ1) is 17.4. The Balaban J connectivity index is 0.00000176. The van der Waals surface area contributed by atoms with Crippen molar-refractivity contribution in [1.29, 1.82) is 0 Å². The van der Waals surface area contributed by atoms with Gasteiger partial charge in [0.2, 0.25) is 0 Å². The van der Waals surface area contributed by atoms with E-state index in [2.05, 4.69) is 46.0 Å². The zero-order chi connectivity index (χ0) is 26.2. The molecule has 1 aliphatic rings. The van der Waals surface area contributed by atoms with Crippen molar-refractivity contribution in [3.63, 3.8) is 0 Å². The first-order valence-corrected chi connectivity index (χ1v) is 13.1. The normalized spacial score (nSPS) is 12.7. The van der Waals surface area contributed by atoms with Gasteiger partial charge in [0, 0.05) is 26.4 Å². The predicted octanol–water partition coefficient (Wildman–Crippen LogP) is 8.96. The summed E-state index contributed by atoms with van der Waals surface area (Å²) in [5.74, 6) is 0.393. The fourth-order valence-electron chi connectivity index (χ4n) is 3.89. The fourth-order valence-corrected chi connectivity index (χ4v) is 4.46. The third kappa shape index (κ3) is 6.40. The van der Waals surface area contributed by atoms with Crippen molar-refractivity contribution in [2.75, 3.05) is 12.0 Å². The molecule has 0 spiro atoms. The van der Waals surface area contributed by atoms with Crippen LogP contribution in [-0.2, 0) is 11.3 Å². The quantitative estimate of drug-likeness (QED) is 0.278. The second-order valence-electron chi connectivity index (χ2n) is 8.06. The minimum atomic E-state index is -0.366. The van der Waals surface area contributed by atoms with Gasteiger partial charge in [-0.2, -0.15) is 0 Å². The lowest BCUT2D eigenvalue weighted by atomic mass is 10.0. The Morgan fingerprint density at radius 3 is 2.53 bits per heavy atom. The van der Waals surface area contributed by atoms with E-state index >= 15 is 0 Å². The van der Waals surface area contributed by atoms with Crippen LogP contribution in [0.4, 0.5) is 5.69 Å². The second kappa shape index (κ2) is 12.8. The smallest absolute Gasteiger partial charge is 0.337 e. The van der Waals surface area contributed by atoms with E-state index in [1.54, 1.807) is 6.07 Å². The number of rotatable bonds is 6. The molecular weight excluding hydrogens is 538 g/mol. The number of hydrogen-bond donors (Lipinski definition) is 0. The maximum atomic E-state index is 12.1. The maximum absolute atomic E-state index is 12.1. The molecule has 0 fully saturated rings.